The van der Waals surface area contributed by atoms with Gasteiger partial charge in [-0.2, -0.15) is 0 Å². The van der Waals surface area contributed by atoms with Crippen LogP contribution in [0.5, 0.6) is 0 Å². The number of methoxy groups -OCH3 is 1. The molecule has 108 valence electrons. The van der Waals surface area contributed by atoms with Crippen molar-refractivity contribution >= 4 is 0 Å². The van der Waals surface area contributed by atoms with Gasteiger partial charge in [-0.3, -0.25) is 0 Å². The van der Waals surface area contributed by atoms with Crippen LogP contribution in [-0.4, -0.2) is 77.8 Å². The topological polar surface area (TPSA) is 43.0 Å². The van der Waals surface area contributed by atoms with Gasteiger partial charge in [-0.05, 0) is 19.9 Å². The van der Waals surface area contributed by atoms with Crippen molar-refractivity contribution in [3.8, 4) is 0 Å². The summed E-state index contributed by atoms with van der Waals surface area (Å²) in [5, 5.41) is 3.38. The molecule has 5 heteroatoms. The van der Waals surface area contributed by atoms with Crippen LogP contribution in [0, 0.1) is 0 Å². The number of rotatable bonds is 13. The molecule has 0 aliphatic heterocycles. The molecular weight excluding hydrogens is 232 g/mol. The second kappa shape index (κ2) is 10.7. The van der Waals surface area contributed by atoms with E-state index >= 15 is 0 Å². The molecule has 5 nitrogen and oxygen atoms in total. The third-order valence-electron chi connectivity index (χ3n) is 3.04. The monoisotopic (exact) mass is 260 g/mol. The maximum Gasteiger partial charge on any atom is 0.0701 e. The number of nitrogens with zero attached hydrogens (tertiary/aromatic N) is 1. The summed E-state index contributed by atoms with van der Waals surface area (Å²) in [6, 6.07) is 0.854. The summed E-state index contributed by atoms with van der Waals surface area (Å²) >= 11 is 0. The van der Waals surface area contributed by atoms with Crippen LogP contribution in [0.2, 0.25) is 0 Å². The SMILES string of the molecule is COCCOCCOCCNCCN(C)C1CC1. The Hall–Kier alpha value is -0.200. The first kappa shape index (κ1) is 15.9. The fraction of sp³-hybridized carbons (Fsp3) is 1.00. The molecule has 0 radical (unpaired) electrons. The Morgan fingerprint density at radius 1 is 1.00 bits per heavy atom. The summed E-state index contributed by atoms with van der Waals surface area (Å²) in [7, 11) is 3.87. The smallest absolute Gasteiger partial charge is 0.0701 e. The molecule has 0 spiro atoms. The minimum Gasteiger partial charge on any atom is -0.382 e. The summed E-state index contributed by atoms with van der Waals surface area (Å²) in [6.45, 7) is 6.44. The van der Waals surface area contributed by atoms with Crippen molar-refractivity contribution in [3.05, 3.63) is 0 Å². The van der Waals surface area contributed by atoms with Gasteiger partial charge < -0.3 is 24.4 Å². The fourth-order valence-corrected chi connectivity index (χ4v) is 1.69. The highest BCUT2D eigenvalue weighted by atomic mass is 16.5. The lowest BCUT2D eigenvalue weighted by Gasteiger charge is -2.15. The Bertz CT molecular complexity index is 189. The van der Waals surface area contributed by atoms with E-state index in [4.69, 9.17) is 14.2 Å². The molecule has 0 bridgehead atoms. The summed E-state index contributed by atoms with van der Waals surface area (Å²) in [4.78, 5) is 2.43. The molecule has 0 saturated heterocycles. The molecule has 1 N–H and O–H groups in total. The highest BCUT2D eigenvalue weighted by Gasteiger charge is 2.25. The Morgan fingerprint density at radius 2 is 1.67 bits per heavy atom. The molecular formula is C13H28N2O3. The van der Waals surface area contributed by atoms with E-state index in [-0.39, 0.29) is 0 Å². The Labute approximate surface area is 111 Å². The molecule has 0 amide bonds. The minimum atomic E-state index is 0.644. The van der Waals surface area contributed by atoms with Gasteiger partial charge in [-0.1, -0.05) is 0 Å². The predicted octanol–water partition coefficient (Wildman–Crippen LogP) is 0.350. The second-order valence-corrected chi connectivity index (χ2v) is 4.68. The third kappa shape index (κ3) is 8.83. The number of likely N-dealkylation sites (N-methyl/N-ethyl adjacent to an activating group) is 1. The second-order valence-electron chi connectivity index (χ2n) is 4.68. The van der Waals surface area contributed by atoms with E-state index in [9.17, 15) is 0 Å². The van der Waals surface area contributed by atoms with Gasteiger partial charge >= 0.3 is 0 Å². The first-order valence-corrected chi connectivity index (χ1v) is 6.90. The van der Waals surface area contributed by atoms with Crippen molar-refractivity contribution in [2.75, 3.05) is 66.8 Å². The maximum atomic E-state index is 5.44. The van der Waals surface area contributed by atoms with Crippen molar-refractivity contribution in [1.82, 2.24) is 10.2 Å². The van der Waals surface area contributed by atoms with Gasteiger partial charge in [-0.15, -0.1) is 0 Å². The zero-order valence-corrected chi connectivity index (χ0v) is 11.8. The Balaban J connectivity index is 1.68. The molecule has 1 aliphatic rings. The molecule has 0 aromatic rings. The first-order valence-electron chi connectivity index (χ1n) is 6.90. The molecule has 0 atom stereocenters. The van der Waals surface area contributed by atoms with Gasteiger partial charge in [0.05, 0.1) is 33.0 Å². The summed E-state index contributed by atoms with van der Waals surface area (Å²) in [5.74, 6) is 0. The summed E-state index contributed by atoms with van der Waals surface area (Å²) in [6.07, 6.45) is 2.76. The van der Waals surface area contributed by atoms with E-state index < -0.39 is 0 Å². The first-order chi connectivity index (χ1) is 8.84. The Morgan fingerprint density at radius 3 is 2.33 bits per heavy atom. The molecule has 1 fully saturated rings. The molecule has 0 unspecified atom stereocenters. The van der Waals surface area contributed by atoms with Crippen LogP contribution in [0.3, 0.4) is 0 Å². The van der Waals surface area contributed by atoms with E-state index in [0.29, 0.717) is 26.4 Å². The molecule has 1 saturated carbocycles. The lowest BCUT2D eigenvalue weighted by molar-refractivity contribution is 0.0255. The van der Waals surface area contributed by atoms with Crippen LogP contribution in [0.1, 0.15) is 12.8 Å². The van der Waals surface area contributed by atoms with Crippen LogP contribution in [0.4, 0.5) is 0 Å². The van der Waals surface area contributed by atoms with E-state index in [2.05, 4.69) is 17.3 Å². The maximum absolute atomic E-state index is 5.44. The highest BCUT2D eigenvalue weighted by Crippen LogP contribution is 2.24. The van der Waals surface area contributed by atoms with Gasteiger partial charge in [-0.25, -0.2) is 0 Å². The minimum absolute atomic E-state index is 0.644. The van der Waals surface area contributed by atoms with Crippen molar-refractivity contribution in [1.29, 1.82) is 0 Å². The van der Waals surface area contributed by atoms with Crippen molar-refractivity contribution in [2.45, 2.75) is 18.9 Å². The van der Waals surface area contributed by atoms with Crippen LogP contribution in [-0.2, 0) is 14.2 Å². The predicted molar refractivity (Wildman–Crippen MR) is 72.0 cm³/mol. The normalized spacial score (nSPS) is 15.5. The number of hydrogen-bond donors (Lipinski definition) is 1. The average molecular weight is 260 g/mol. The van der Waals surface area contributed by atoms with Crippen LogP contribution < -0.4 is 5.32 Å². The summed E-state index contributed by atoms with van der Waals surface area (Å²) in [5.41, 5.74) is 0. The standard InChI is InChI=1S/C13H28N2O3/c1-15(13-3-4-13)7-5-14-6-8-17-11-12-18-10-9-16-2/h13-14H,3-12H2,1-2H3. The molecule has 1 aliphatic carbocycles. The quantitative estimate of drug-likeness (QED) is 0.484. The lowest BCUT2D eigenvalue weighted by atomic mass is 10.5. The van der Waals surface area contributed by atoms with Crippen molar-refractivity contribution in [2.24, 2.45) is 0 Å². The molecule has 0 heterocycles. The van der Waals surface area contributed by atoms with Crippen molar-refractivity contribution < 1.29 is 14.2 Å². The zero-order chi connectivity index (χ0) is 13.1. The Kier molecular flexibility index (Phi) is 9.42. The van der Waals surface area contributed by atoms with Gasteiger partial charge in [0.25, 0.3) is 0 Å². The highest BCUT2D eigenvalue weighted by molar-refractivity contribution is 4.82. The summed E-state index contributed by atoms with van der Waals surface area (Å²) < 4.78 is 15.6. The molecule has 0 aromatic heterocycles. The van der Waals surface area contributed by atoms with Crippen LogP contribution >= 0.6 is 0 Å². The number of nitrogens with one attached hydrogen (secondary N) is 1. The number of ether oxygens (including phenoxy) is 3. The number of hydrogen-bond acceptors (Lipinski definition) is 5. The molecule has 18 heavy (non-hydrogen) atoms. The third-order valence-corrected chi connectivity index (χ3v) is 3.04. The van der Waals surface area contributed by atoms with E-state index in [1.165, 1.54) is 12.8 Å². The van der Waals surface area contributed by atoms with Gasteiger partial charge in [0.2, 0.25) is 0 Å². The van der Waals surface area contributed by atoms with Gasteiger partial charge in [0, 0.05) is 32.8 Å². The molecule has 1 rings (SSSR count). The molecule has 0 aromatic carbocycles. The fourth-order valence-electron chi connectivity index (χ4n) is 1.69. The largest absolute Gasteiger partial charge is 0.382 e. The van der Waals surface area contributed by atoms with Crippen molar-refractivity contribution in [3.63, 3.8) is 0 Å². The van der Waals surface area contributed by atoms with Gasteiger partial charge in [0.15, 0.2) is 0 Å². The van der Waals surface area contributed by atoms with Crippen LogP contribution in [0.15, 0.2) is 0 Å². The van der Waals surface area contributed by atoms with E-state index in [0.717, 1.165) is 32.3 Å². The average Bonchev–Trinajstić information content (AvgIpc) is 3.20. The lowest BCUT2D eigenvalue weighted by Crippen LogP contribution is -2.32. The van der Waals surface area contributed by atoms with E-state index in [1.807, 2.05) is 0 Å². The van der Waals surface area contributed by atoms with Crippen LogP contribution in [0.25, 0.3) is 0 Å². The van der Waals surface area contributed by atoms with Gasteiger partial charge in [0.1, 0.15) is 0 Å². The van der Waals surface area contributed by atoms with E-state index in [1.54, 1.807) is 7.11 Å². The zero-order valence-electron chi connectivity index (χ0n) is 11.8.